The number of piperazine rings is 1. The van der Waals surface area contributed by atoms with Crippen LogP contribution in [0.3, 0.4) is 0 Å². The van der Waals surface area contributed by atoms with Crippen LogP contribution in [0.4, 0.5) is 0 Å². The van der Waals surface area contributed by atoms with Crippen LogP contribution in [0.1, 0.15) is 5.56 Å². The van der Waals surface area contributed by atoms with Crippen LogP contribution in [-0.2, 0) is 9.53 Å². The highest BCUT2D eigenvalue weighted by molar-refractivity contribution is 5.77. The third kappa shape index (κ3) is 5.02. The second-order valence-corrected chi connectivity index (χ2v) is 5.32. The Morgan fingerprint density at radius 1 is 1.14 bits per heavy atom. The molecule has 0 atom stereocenters. The molecular weight excluding hydrogens is 268 g/mol. The minimum Gasteiger partial charge on any atom is -0.484 e. The number of carbonyl (C=O) groups excluding carboxylic acids is 1. The van der Waals surface area contributed by atoms with Crippen LogP contribution < -0.4 is 4.74 Å². The number of methoxy groups -OCH3 is 1. The average Bonchev–Trinajstić information content (AvgIpc) is 2.52. The Balaban J connectivity index is 1.71. The minimum atomic E-state index is 0.0574. The van der Waals surface area contributed by atoms with E-state index in [0.29, 0.717) is 0 Å². The molecule has 1 aliphatic heterocycles. The lowest BCUT2D eigenvalue weighted by molar-refractivity contribution is -0.135. The van der Waals surface area contributed by atoms with Crippen molar-refractivity contribution in [2.24, 2.45) is 0 Å². The van der Waals surface area contributed by atoms with Crippen LogP contribution in [0, 0.1) is 6.92 Å². The third-order valence-electron chi connectivity index (χ3n) is 3.72. The summed E-state index contributed by atoms with van der Waals surface area (Å²) >= 11 is 0. The number of nitrogens with zero attached hydrogens (tertiary/aromatic N) is 2. The van der Waals surface area contributed by atoms with Gasteiger partial charge in [0.1, 0.15) is 5.75 Å². The second kappa shape index (κ2) is 8.00. The molecular formula is C16H24N2O3. The fourth-order valence-electron chi connectivity index (χ4n) is 2.31. The van der Waals surface area contributed by atoms with E-state index in [1.807, 2.05) is 36.1 Å². The lowest BCUT2D eigenvalue weighted by Crippen LogP contribution is -2.50. The number of aryl methyl sites for hydroxylation is 1. The molecule has 0 N–H and O–H groups in total. The highest BCUT2D eigenvalue weighted by Crippen LogP contribution is 2.11. The number of hydrogen-bond acceptors (Lipinski definition) is 4. The zero-order valence-corrected chi connectivity index (χ0v) is 12.9. The zero-order chi connectivity index (χ0) is 15.1. The summed E-state index contributed by atoms with van der Waals surface area (Å²) in [5, 5.41) is 0. The second-order valence-electron chi connectivity index (χ2n) is 5.32. The molecule has 0 spiro atoms. The highest BCUT2D eigenvalue weighted by Gasteiger charge is 2.20. The molecule has 5 nitrogen and oxygen atoms in total. The van der Waals surface area contributed by atoms with Gasteiger partial charge in [0.15, 0.2) is 6.61 Å². The van der Waals surface area contributed by atoms with E-state index in [2.05, 4.69) is 4.90 Å². The monoisotopic (exact) mass is 292 g/mol. The smallest absolute Gasteiger partial charge is 0.260 e. The van der Waals surface area contributed by atoms with E-state index in [1.165, 1.54) is 5.56 Å². The average molecular weight is 292 g/mol. The van der Waals surface area contributed by atoms with Gasteiger partial charge in [-0.05, 0) is 19.1 Å². The maximum absolute atomic E-state index is 12.1. The van der Waals surface area contributed by atoms with Gasteiger partial charge in [-0.1, -0.05) is 17.7 Å². The van der Waals surface area contributed by atoms with Gasteiger partial charge in [0.05, 0.1) is 6.61 Å². The van der Waals surface area contributed by atoms with Crippen molar-refractivity contribution in [1.82, 2.24) is 9.80 Å². The van der Waals surface area contributed by atoms with Gasteiger partial charge in [-0.3, -0.25) is 9.69 Å². The molecule has 0 aliphatic carbocycles. The Morgan fingerprint density at radius 2 is 1.81 bits per heavy atom. The van der Waals surface area contributed by atoms with Crippen LogP contribution >= 0.6 is 0 Å². The van der Waals surface area contributed by atoms with Crippen molar-refractivity contribution in [3.63, 3.8) is 0 Å². The Kier molecular flexibility index (Phi) is 6.02. The molecule has 5 heteroatoms. The van der Waals surface area contributed by atoms with E-state index >= 15 is 0 Å². The number of hydrogen-bond donors (Lipinski definition) is 0. The Morgan fingerprint density at radius 3 is 2.43 bits per heavy atom. The van der Waals surface area contributed by atoms with Gasteiger partial charge < -0.3 is 14.4 Å². The molecule has 0 aromatic heterocycles. The maximum Gasteiger partial charge on any atom is 0.260 e. The van der Waals surface area contributed by atoms with E-state index in [4.69, 9.17) is 9.47 Å². The Labute approximate surface area is 126 Å². The number of ether oxygens (including phenoxy) is 2. The summed E-state index contributed by atoms with van der Waals surface area (Å²) in [6.45, 7) is 7.14. The fourth-order valence-corrected chi connectivity index (χ4v) is 2.31. The van der Waals surface area contributed by atoms with Crippen molar-refractivity contribution in [2.75, 3.05) is 53.0 Å². The van der Waals surface area contributed by atoms with Crippen LogP contribution in [0.2, 0.25) is 0 Å². The van der Waals surface area contributed by atoms with Crippen molar-refractivity contribution in [3.05, 3.63) is 29.8 Å². The quantitative estimate of drug-likeness (QED) is 0.789. The van der Waals surface area contributed by atoms with E-state index in [9.17, 15) is 4.79 Å². The molecule has 1 aromatic carbocycles. The van der Waals surface area contributed by atoms with E-state index in [-0.39, 0.29) is 12.5 Å². The Hall–Kier alpha value is -1.59. The molecule has 1 fully saturated rings. The van der Waals surface area contributed by atoms with Crippen LogP contribution in [0.15, 0.2) is 24.3 Å². The van der Waals surface area contributed by atoms with Gasteiger partial charge in [0.2, 0.25) is 0 Å². The molecule has 0 saturated carbocycles. The molecule has 116 valence electrons. The van der Waals surface area contributed by atoms with Gasteiger partial charge in [0, 0.05) is 39.8 Å². The van der Waals surface area contributed by atoms with E-state index in [1.54, 1.807) is 7.11 Å². The first-order valence-corrected chi connectivity index (χ1v) is 7.37. The molecule has 1 amide bonds. The lowest BCUT2D eigenvalue weighted by atomic mass is 10.2. The van der Waals surface area contributed by atoms with Gasteiger partial charge in [-0.2, -0.15) is 0 Å². The Bertz CT molecular complexity index is 439. The number of carbonyl (C=O) groups is 1. The summed E-state index contributed by atoms with van der Waals surface area (Å²) in [5.41, 5.74) is 1.18. The predicted octanol–water partition coefficient (Wildman–Crippen LogP) is 1.16. The summed E-state index contributed by atoms with van der Waals surface area (Å²) in [5.74, 6) is 0.801. The first-order valence-electron chi connectivity index (χ1n) is 7.37. The summed E-state index contributed by atoms with van der Waals surface area (Å²) in [6.07, 6.45) is 0. The SMILES string of the molecule is COCCN1CCN(C(=O)COc2ccc(C)cc2)CC1. The summed E-state index contributed by atoms with van der Waals surface area (Å²) in [6, 6.07) is 7.75. The number of amides is 1. The molecule has 21 heavy (non-hydrogen) atoms. The minimum absolute atomic E-state index is 0.0574. The molecule has 0 radical (unpaired) electrons. The van der Waals surface area contributed by atoms with E-state index in [0.717, 1.165) is 45.1 Å². The predicted molar refractivity (Wildman–Crippen MR) is 81.6 cm³/mol. The van der Waals surface area contributed by atoms with Crippen molar-refractivity contribution in [2.45, 2.75) is 6.92 Å². The normalized spacial score (nSPS) is 16.0. The molecule has 1 saturated heterocycles. The van der Waals surface area contributed by atoms with Gasteiger partial charge >= 0.3 is 0 Å². The fraction of sp³-hybridized carbons (Fsp3) is 0.562. The zero-order valence-electron chi connectivity index (χ0n) is 12.9. The number of rotatable bonds is 6. The van der Waals surface area contributed by atoms with Gasteiger partial charge in [-0.15, -0.1) is 0 Å². The standard InChI is InChI=1S/C16H24N2O3/c1-14-3-5-15(6-4-14)21-13-16(19)18-9-7-17(8-10-18)11-12-20-2/h3-6H,7-13H2,1-2H3. The largest absolute Gasteiger partial charge is 0.484 e. The first-order chi connectivity index (χ1) is 10.2. The van der Waals surface area contributed by atoms with E-state index < -0.39 is 0 Å². The highest BCUT2D eigenvalue weighted by atomic mass is 16.5. The summed E-state index contributed by atoms with van der Waals surface area (Å²) in [4.78, 5) is 16.3. The lowest BCUT2D eigenvalue weighted by Gasteiger charge is -2.34. The molecule has 0 unspecified atom stereocenters. The van der Waals surface area contributed by atoms with Crippen LogP contribution in [0.25, 0.3) is 0 Å². The number of benzene rings is 1. The van der Waals surface area contributed by atoms with Crippen LogP contribution in [-0.4, -0.2) is 68.8 Å². The molecule has 1 heterocycles. The van der Waals surface area contributed by atoms with Crippen LogP contribution in [0.5, 0.6) is 5.75 Å². The van der Waals surface area contributed by atoms with Crippen molar-refractivity contribution < 1.29 is 14.3 Å². The topological polar surface area (TPSA) is 42.0 Å². The van der Waals surface area contributed by atoms with Crippen molar-refractivity contribution in [3.8, 4) is 5.75 Å². The molecule has 1 aromatic rings. The molecule has 0 bridgehead atoms. The van der Waals surface area contributed by atoms with Crippen molar-refractivity contribution >= 4 is 5.91 Å². The molecule has 2 rings (SSSR count). The molecule has 1 aliphatic rings. The summed E-state index contributed by atoms with van der Waals surface area (Å²) in [7, 11) is 1.71. The van der Waals surface area contributed by atoms with Gasteiger partial charge in [0.25, 0.3) is 5.91 Å². The third-order valence-corrected chi connectivity index (χ3v) is 3.72. The maximum atomic E-state index is 12.1. The van der Waals surface area contributed by atoms with Gasteiger partial charge in [-0.25, -0.2) is 0 Å². The van der Waals surface area contributed by atoms with Crippen molar-refractivity contribution in [1.29, 1.82) is 0 Å². The first kappa shape index (κ1) is 15.8. The summed E-state index contributed by atoms with van der Waals surface area (Å²) < 4.78 is 10.6.